The minimum atomic E-state index is -3.55. The molecule has 0 saturated heterocycles. The first-order chi connectivity index (χ1) is 9.06. The van der Waals surface area contributed by atoms with Crippen molar-refractivity contribution in [3.8, 4) is 12.3 Å². The Morgan fingerprint density at radius 2 is 2.32 bits per heavy atom. The Hall–Kier alpha value is -1.51. The van der Waals surface area contributed by atoms with Crippen LogP contribution in [0.5, 0.6) is 0 Å². The van der Waals surface area contributed by atoms with E-state index in [2.05, 4.69) is 16.0 Å². The van der Waals surface area contributed by atoms with Crippen LogP contribution in [0.4, 0.5) is 5.69 Å². The molecule has 102 valence electrons. The molecule has 1 aliphatic heterocycles. The fraction of sp³-hybridized carbons (Fsp3) is 0.429. The lowest BCUT2D eigenvalue weighted by molar-refractivity contribution is 0.570. The third-order valence-electron chi connectivity index (χ3n) is 3.24. The molecule has 0 saturated carbocycles. The standard InChI is InChI=1S/C14H18N2O2S/c1-3-12(4-2)16-19(17,18)13-8-7-11-6-5-9-15-14(11)10-13/h1,7-8,10,12,15-16H,4-6,9H2,2H3. The number of benzene rings is 1. The highest BCUT2D eigenvalue weighted by Gasteiger charge is 2.19. The largest absolute Gasteiger partial charge is 0.385 e. The van der Waals surface area contributed by atoms with Crippen molar-refractivity contribution in [1.29, 1.82) is 0 Å². The number of sulfonamides is 1. The average molecular weight is 278 g/mol. The van der Waals surface area contributed by atoms with E-state index in [9.17, 15) is 8.42 Å². The van der Waals surface area contributed by atoms with E-state index in [0.29, 0.717) is 6.42 Å². The van der Waals surface area contributed by atoms with Crippen molar-refractivity contribution >= 4 is 15.7 Å². The summed E-state index contributed by atoms with van der Waals surface area (Å²) < 4.78 is 26.9. The fourth-order valence-electron chi connectivity index (χ4n) is 2.10. The van der Waals surface area contributed by atoms with Crippen LogP contribution in [0.15, 0.2) is 23.1 Å². The summed E-state index contributed by atoms with van der Waals surface area (Å²) in [4.78, 5) is 0.259. The van der Waals surface area contributed by atoms with E-state index in [1.165, 1.54) is 0 Å². The molecule has 0 aromatic heterocycles. The zero-order chi connectivity index (χ0) is 13.9. The van der Waals surface area contributed by atoms with Crippen LogP contribution < -0.4 is 10.0 Å². The second-order valence-electron chi connectivity index (χ2n) is 4.60. The summed E-state index contributed by atoms with van der Waals surface area (Å²) in [6.45, 7) is 2.73. The van der Waals surface area contributed by atoms with Crippen LogP contribution in [0.3, 0.4) is 0 Å². The number of fused-ring (bicyclic) bond motifs is 1. The predicted molar refractivity (Wildman–Crippen MR) is 76.5 cm³/mol. The maximum atomic E-state index is 12.2. The van der Waals surface area contributed by atoms with E-state index in [0.717, 1.165) is 30.6 Å². The average Bonchev–Trinajstić information content (AvgIpc) is 2.44. The molecule has 4 nitrogen and oxygen atoms in total. The van der Waals surface area contributed by atoms with E-state index in [1.807, 2.05) is 13.0 Å². The van der Waals surface area contributed by atoms with Crippen molar-refractivity contribution in [1.82, 2.24) is 4.72 Å². The van der Waals surface area contributed by atoms with Gasteiger partial charge in [-0.1, -0.05) is 18.9 Å². The molecule has 0 amide bonds. The lowest BCUT2D eigenvalue weighted by atomic mass is 10.0. The molecule has 0 spiro atoms. The lowest BCUT2D eigenvalue weighted by Gasteiger charge is -2.19. The first-order valence-corrected chi connectivity index (χ1v) is 7.90. The monoisotopic (exact) mass is 278 g/mol. The molecular formula is C14H18N2O2S. The van der Waals surface area contributed by atoms with Crippen molar-refractivity contribution in [2.75, 3.05) is 11.9 Å². The zero-order valence-corrected chi connectivity index (χ0v) is 11.8. The van der Waals surface area contributed by atoms with Gasteiger partial charge in [0.2, 0.25) is 10.0 Å². The number of hydrogen-bond donors (Lipinski definition) is 2. The van der Waals surface area contributed by atoms with Gasteiger partial charge in [0.05, 0.1) is 10.9 Å². The maximum Gasteiger partial charge on any atom is 0.241 e. The number of hydrogen-bond acceptors (Lipinski definition) is 3. The molecule has 2 N–H and O–H groups in total. The summed E-state index contributed by atoms with van der Waals surface area (Å²) in [5.41, 5.74) is 2.07. The SMILES string of the molecule is C#CC(CC)NS(=O)(=O)c1ccc2c(c1)NCCC2. The van der Waals surface area contributed by atoms with E-state index < -0.39 is 16.1 Å². The molecule has 2 rings (SSSR count). The topological polar surface area (TPSA) is 58.2 Å². The van der Waals surface area contributed by atoms with Gasteiger partial charge in [-0.3, -0.25) is 0 Å². The molecule has 5 heteroatoms. The summed E-state index contributed by atoms with van der Waals surface area (Å²) in [5, 5.41) is 3.22. The van der Waals surface area contributed by atoms with Crippen LogP contribution in [-0.4, -0.2) is 21.0 Å². The molecule has 0 fully saturated rings. The van der Waals surface area contributed by atoms with Gasteiger partial charge < -0.3 is 5.32 Å². The van der Waals surface area contributed by atoms with Crippen LogP contribution in [0.1, 0.15) is 25.3 Å². The molecule has 1 aromatic carbocycles. The smallest absolute Gasteiger partial charge is 0.241 e. The predicted octanol–water partition coefficient (Wildman–Crippen LogP) is 1.73. The molecule has 1 heterocycles. The summed E-state index contributed by atoms with van der Waals surface area (Å²) in [6.07, 6.45) is 7.92. The van der Waals surface area contributed by atoms with Crippen molar-refractivity contribution in [3.63, 3.8) is 0 Å². The Kier molecular flexibility index (Phi) is 4.13. The van der Waals surface area contributed by atoms with Gasteiger partial charge in [0.25, 0.3) is 0 Å². The summed E-state index contributed by atoms with van der Waals surface area (Å²) in [5.74, 6) is 2.43. The Morgan fingerprint density at radius 1 is 1.53 bits per heavy atom. The Labute approximate surface area is 114 Å². The lowest BCUT2D eigenvalue weighted by Crippen LogP contribution is -2.33. The Balaban J connectivity index is 2.28. The minimum absolute atomic E-state index is 0.259. The Bertz CT molecular complexity index is 602. The quantitative estimate of drug-likeness (QED) is 0.825. The normalized spacial score (nSPS) is 16.0. The second kappa shape index (κ2) is 5.64. The van der Waals surface area contributed by atoms with Gasteiger partial charge in [-0.2, -0.15) is 4.72 Å². The van der Waals surface area contributed by atoms with Crippen molar-refractivity contribution in [3.05, 3.63) is 23.8 Å². The molecule has 1 aliphatic rings. The van der Waals surface area contributed by atoms with Crippen molar-refractivity contribution in [2.45, 2.75) is 37.1 Å². The second-order valence-corrected chi connectivity index (χ2v) is 6.31. The number of aryl methyl sites for hydroxylation is 1. The molecule has 1 atom stereocenters. The molecular weight excluding hydrogens is 260 g/mol. The highest BCUT2D eigenvalue weighted by Crippen LogP contribution is 2.25. The van der Waals surface area contributed by atoms with E-state index in [1.54, 1.807) is 12.1 Å². The number of nitrogens with one attached hydrogen (secondary N) is 2. The minimum Gasteiger partial charge on any atom is -0.385 e. The van der Waals surface area contributed by atoms with Crippen LogP contribution in [-0.2, 0) is 16.4 Å². The molecule has 0 bridgehead atoms. The van der Waals surface area contributed by atoms with Gasteiger partial charge in [-0.15, -0.1) is 6.42 Å². The van der Waals surface area contributed by atoms with Gasteiger partial charge in [-0.05, 0) is 37.0 Å². The third kappa shape index (κ3) is 3.09. The van der Waals surface area contributed by atoms with E-state index >= 15 is 0 Å². The van der Waals surface area contributed by atoms with Crippen LogP contribution in [0, 0.1) is 12.3 Å². The fourth-order valence-corrected chi connectivity index (χ4v) is 3.36. The van der Waals surface area contributed by atoms with Crippen LogP contribution in [0.2, 0.25) is 0 Å². The maximum absolute atomic E-state index is 12.2. The van der Waals surface area contributed by atoms with Crippen molar-refractivity contribution in [2.24, 2.45) is 0 Å². The van der Waals surface area contributed by atoms with Gasteiger partial charge in [0.1, 0.15) is 0 Å². The van der Waals surface area contributed by atoms with Gasteiger partial charge in [-0.25, -0.2) is 8.42 Å². The zero-order valence-electron chi connectivity index (χ0n) is 10.9. The first-order valence-electron chi connectivity index (χ1n) is 6.42. The highest BCUT2D eigenvalue weighted by atomic mass is 32.2. The van der Waals surface area contributed by atoms with E-state index in [-0.39, 0.29) is 4.90 Å². The summed E-state index contributed by atoms with van der Waals surface area (Å²) in [6, 6.07) is 4.72. The van der Waals surface area contributed by atoms with Crippen molar-refractivity contribution < 1.29 is 8.42 Å². The third-order valence-corrected chi connectivity index (χ3v) is 4.71. The van der Waals surface area contributed by atoms with Crippen LogP contribution >= 0.6 is 0 Å². The van der Waals surface area contributed by atoms with Gasteiger partial charge >= 0.3 is 0 Å². The van der Waals surface area contributed by atoms with Gasteiger partial charge in [0.15, 0.2) is 0 Å². The highest BCUT2D eigenvalue weighted by molar-refractivity contribution is 7.89. The summed E-state index contributed by atoms with van der Waals surface area (Å²) >= 11 is 0. The summed E-state index contributed by atoms with van der Waals surface area (Å²) in [7, 11) is -3.55. The van der Waals surface area contributed by atoms with Crippen LogP contribution in [0.25, 0.3) is 0 Å². The molecule has 0 radical (unpaired) electrons. The number of terminal acetylenes is 1. The molecule has 0 aliphatic carbocycles. The van der Waals surface area contributed by atoms with Gasteiger partial charge in [0, 0.05) is 12.2 Å². The number of rotatable bonds is 4. The first kappa shape index (κ1) is 13.9. The van der Waals surface area contributed by atoms with E-state index in [4.69, 9.17) is 6.42 Å². The number of anilines is 1. The molecule has 1 aromatic rings. The molecule has 19 heavy (non-hydrogen) atoms. The molecule has 1 unspecified atom stereocenters. The Morgan fingerprint density at radius 3 is 3.00 bits per heavy atom.